The maximum atomic E-state index is 11.4. The summed E-state index contributed by atoms with van der Waals surface area (Å²) in [6.45, 7) is 0. The van der Waals surface area contributed by atoms with Crippen molar-refractivity contribution in [2.24, 2.45) is 5.84 Å². The average Bonchev–Trinajstić information content (AvgIpc) is 2.76. The van der Waals surface area contributed by atoms with Gasteiger partial charge in [-0.05, 0) is 29.1 Å². The molecule has 0 aliphatic rings. The molecule has 0 aliphatic carbocycles. The Balaban J connectivity index is 2.38. The quantitative estimate of drug-likeness (QED) is 0.671. The van der Waals surface area contributed by atoms with Gasteiger partial charge in [0.2, 0.25) is 0 Å². The second kappa shape index (κ2) is 5.60. The van der Waals surface area contributed by atoms with Gasteiger partial charge < -0.3 is 0 Å². The predicted molar refractivity (Wildman–Crippen MR) is 78.0 cm³/mol. The standard InChI is InChI=1S/C12H13ClN2O2S2/c1-19(16,17)9-4-2-8(3-5-9)11(15-14)12-10(13)6-7-18-12/h2-7,11,15H,14H2,1H3. The van der Waals surface area contributed by atoms with Crippen LogP contribution in [0.4, 0.5) is 0 Å². The molecule has 0 saturated carbocycles. The normalized spacial score (nSPS) is 13.4. The molecule has 1 aromatic carbocycles. The van der Waals surface area contributed by atoms with Crippen molar-refractivity contribution in [2.75, 3.05) is 6.26 Å². The van der Waals surface area contributed by atoms with Crippen molar-refractivity contribution in [3.05, 3.63) is 51.2 Å². The van der Waals surface area contributed by atoms with Gasteiger partial charge in [0, 0.05) is 11.1 Å². The monoisotopic (exact) mass is 316 g/mol. The zero-order chi connectivity index (χ0) is 14.0. The molecule has 0 spiro atoms. The van der Waals surface area contributed by atoms with Gasteiger partial charge in [0.1, 0.15) is 0 Å². The first kappa shape index (κ1) is 14.5. The van der Waals surface area contributed by atoms with Crippen molar-refractivity contribution in [3.8, 4) is 0 Å². The lowest BCUT2D eigenvalue weighted by molar-refractivity contribution is 0.601. The van der Waals surface area contributed by atoms with Gasteiger partial charge in [-0.15, -0.1) is 11.3 Å². The van der Waals surface area contributed by atoms with Gasteiger partial charge in [-0.2, -0.15) is 0 Å². The third-order valence-electron chi connectivity index (χ3n) is 2.72. The molecule has 0 fully saturated rings. The van der Waals surface area contributed by atoms with E-state index in [4.69, 9.17) is 17.4 Å². The lowest BCUT2D eigenvalue weighted by Crippen LogP contribution is -2.28. The van der Waals surface area contributed by atoms with Gasteiger partial charge in [0.15, 0.2) is 9.84 Å². The Morgan fingerprint density at radius 3 is 2.32 bits per heavy atom. The summed E-state index contributed by atoms with van der Waals surface area (Å²) in [7, 11) is -3.19. The Morgan fingerprint density at radius 2 is 1.89 bits per heavy atom. The van der Waals surface area contributed by atoms with Crippen molar-refractivity contribution < 1.29 is 8.42 Å². The van der Waals surface area contributed by atoms with Crippen LogP contribution in [0.3, 0.4) is 0 Å². The third-order valence-corrected chi connectivity index (χ3v) is 5.27. The van der Waals surface area contributed by atoms with E-state index in [9.17, 15) is 8.42 Å². The molecule has 19 heavy (non-hydrogen) atoms. The number of halogens is 1. The van der Waals surface area contributed by atoms with E-state index < -0.39 is 9.84 Å². The average molecular weight is 317 g/mol. The molecule has 1 heterocycles. The Kier molecular flexibility index (Phi) is 4.27. The molecule has 0 radical (unpaired) electrons. The van der Waals surface area contributed by atoms with E-state index in [1.165, 1.54) is 17.6 Å². The van der Waals surface area contributed by atoms with Crippen molar-refractivity contribution >= 4 is 32.8 Å². The van der Waals surface area contributed by atoms with E-state index in [0.29, 0.717) is 5.02 Å². The summed E-state index contributed by atoms with van der Waals surface area (Å²) in [5.74, 6) is 5.57. The van der Waals surface area contributed by atoms with Gasteiger partial charge in [-0.25, -0.2) is 13.8 Å². The summed E-state index contributed by atoms with van der Waals surface area (Å²) >= 11 is 7.58. The minimum atomic E-state index is -3.19. The zero-order valence-electron chi connectivity index (χ0n) is 10.1. The van der Waals surface area contributed by atoms with Crippen LogP contribution in [-0.2, 0) is 9.84 Å². The van der Waals surface area contributed by atoms with Crippen LogP contribution in [0, 0.1) is 0 Å². The van der Waals surface area contributed by atoms with E-state index in [1.807, 2.05) is 5.38 Å². The van der Waals surface area contributed by atoms with E-state index >= 15 is 0 Å². The second-order valence-corrected chi connectivity index (χ2v) is 7.44. The van der Waals surface area contributed by atoms with E-state index in [-0.39, 0.29) is 10.9 Å². The van der Waals surface area contributed by atoms with Gasteiger partial charge in [-0.1, -0.05) is 23.7 Å². The highest BCUT2D eigenvalue weighted by molar-refractivity contribution is 7.90. The van der Waals surface area contributed by atoms with Crippen LogP contribution < -0.4 is 11.3 Å². The molecular weight excluding hydrogens is 304 g/mol. The van der Waals surface area contributed by atoms with Crippen molar-refractivity contribution in [3.63, 3.8) is 0 Å². The molecule has 0 amide bonds. The molecule has 2 rings (SSSR count). The van der Waals surface area contributed by atoms with E-state index in [0.717, 1.165) is 10.4 Å². The first-order valence-electron chi connectivity index (χ1n) is 5.42. The number of hydrogen-bond acceptors (Lipinski definition) is 5. The Hall–Kier alpha value is -0.920. The summed E-state index contributed by atoms with van der Waals surface area (Å²) < 4.78 is 22.8. The first-order chi connectivity index (χ1) is 8.93. The summed E-state index contributed by atoms with van der Waals surface area (Å²) in [4.78, 5) is 1.18. The molecule has 2 aromatic rings. The number of hydrazine groups is 1. The molecule has 1 aromatic heterocycles. The topological polar surface area (TPSA) is 72.2 Å². The van der Waals surface area contributed by atoms with Crippen LogP contribution in [0.1, 0.15) is 16.5 Å². The SMILES string of the molecule is CS(=O)(=O)c1ccc(C(NN)c2sccc2Cl)cc1. The maximum absolute atomic E-state index is 11.4. The fraction of sp³-hybridized carbons (Fsp3) is 0.167. The van der Waals surface area contributed by atoms with Crippen LogP contribution in [0.2, 0.25) is 5.02 Å². The van der Waals surface area contributed by atoms with Crippen LogP contribution in [0.25, 0.3) is 0 Å². The highest BCUT2D eigenvalue weighted by atomic mass is 35.5. The van der Waals surface area contributed by atoms with Crippen LogP contribution >= 0.6 is 22.9 Å². The van der Waals surface area contributed by atoms with Gasteiger partial charge >= 0.3 is 0 Å². The number of nitrogens with one attached hydrogen (secondary N) is 1. The number of hydrogen-bond donors (Lipinski definition) is 2. The Morgan fingerprint density at radius 1 is 1.26 bits per heavy atom. The molecule has 7 heteroatoms. The number of nitrogens with two attached hydrogens (primary N) is 1. The largest absolute Gasteiger partial charge is 0.271 e. The molecule has 0 bridgehead atoms. The highest BCUT2D eigenvalue weighted by Gasteiger charge is 2.17. The van der Waals surface area contributed by atoms with Crippen LogP contribution in [0.15, 0.2) is 40.6 Å². The lowest BCUT2D eigenvalue weighted by Gasteiger charge is -2.15. The molecule has 4 nitrogen and oxygen atoms in total. The third kappa shape index (κ3) is 3.16. The molecule has 102 valence electrons. The number of sulfone groups is 1. The minimum absolute atomic E-state index is 0.249. The summed E-state index contributed by atoms with van der Waals surface area (Å²) in [5.41, 5.74) is 3.56. The van der Waals surface area contributed by atoms with E-state index in [1.54, 1.807) is 30.3 Å². The lowest BCUT2D eigenvalue weighted by atomic mass is 10.1. The van der Waals surface area contributed by atoms with Crippen LogP contribution in [-0.4, -0.2) is 14.7 Å². The molecule has 0 saturated heterocycles. The molecule has 1 unspecified atom stereocenters. The van der Waals surface area contributed by atoms with Gasteiger partial charge in [-0.3, -0.25) is 5.84 Å². The smallest absolute Gasteiger partial charge is 0.175 e. The fourth-order valence-corrected chi connectivity index (χ4v) is 3.62. The minimum Gasteiger partial charge on any atom is -0.271 e. The Labute approximate surface area is 121 Å². The van der Waals surface area contributed by atoms with Gasteiger partial charge in [0.25, 0.3) is 0 Å². The first-order valence-corrected chi connectivity index (χ1v) is 8.57. The van der Waals surface area contributed by atoms with Gasteiger partial charge in [0.05, 0.1) is 16.0 Å². The summed E-state index contributed by atoms with van der Waals surface area (Å²) in [6.07, 6.45) is 1.18. The highest BCUT2D eigenvalue weighted by Crippen LogP contribution is 2.32. The van der Waals surface area contributed by atoms with E-state index in [2.05, 4.69) is 5.43 Å². The second-order valence-electron chi connectivity index (χ2n) is 4.07. The predicted octanol–water partition coefficient (Wildman–Crippen LogP) is 2.36. The molecular formula is C12H13ClN2O2S2. The fourth-order valence-electron chi connectivity index (χ4n) is 1.74. The van der Waals surface area contributed by atoms with Crippen molar-refractivity contribution in [1.29, 1.82) is 0 Å². The number of benzene rings is 1. The zero-order valence-corrected chi connectivity index (χ0v) is 12.5. The summed E-state index contributed by atoms with van der Waals surface area (Å²) in [5, 5.41) is 2.52. The molecule has 0 aliphatic heterocycles. The molecule has 1 atom stereocenters. The molecule has 3 N–H and O–H groups in total. The summed E-state index contributed by atoms with van der Waals surface area (Å²) in [6, 6.07) is 8.15. The number of thiophene rings is 1. The number of rotatable bonds is 4. The van der Waals surface area contributed by atoms with Crippen molar-refractivity contribution in [1.82, 2.24) is 5.43 Å². The van der Waals surface area contributed by atoms with Crippen LogP contribution in [0.5, 0.6) is 0 Å². The van der Waals surface area contributed by atoms with Crippen molar-refractivity contribution in [2.45, 2.75) is 10.9 Å². The Bertz CT molecular complexity index is 665. The maximum Gasteiger partial charge on any atom is 0.175 e.